The number of carbonyl (C=O) groups is 2. The number of nitrogens with one attached hydrogen (secondary N) is 1. The quantitative estimate of drug-likeness (QED) is 0.716. The van der Waals surface area contributed by atoms with E-state index in [1.54, 1.807) is 11.0 Å². The fraction of sp³-hybridized carbons (Fsp3) is 0.500. The Kier molecular flexibility index (Phi) is 7.30. The van der Waals surface area contributed by atoms with Crippen LogP contribution < -0.4 is 15.8 Å². The van der Waals surface area contributed by atoms with Crippen molar-refractivity contribution in [1.29, 1.82) is 0 Å². The van der Waals surface area contributed by atoms with E-state index in [1.807, 2.05) is 18.2 Å². The number of nitrogens with two attached hydrogens (primary N) is 1. The molecule has 2 amide bonds. The lowest BCUT2D eigenvalue weighted by molar-refractivity contribution is -0.134. The van der Waals surface area contributed by atoms with E-state index in [2.05, 4.69) is 10.2 Å². The van der Waals surface area contributed by atoms with Crippen LogP contribution in [0.4, 0.5) is 0 Å². The number of nitrogens with zero attached hydrogens (tertiary/aromatic N) is 2. The highest BCUT2D eigenvalue weighted by molar-refractivity contribution is 6.32. The first kappa shape index (κ1) is 18.5. The SMILES string of the molecule is NCC(=O)NCC(=O)N1CCN(CCOc2ccccc2Cl)CC1. The van der Waals surface area contributed by atoms with E-state index in [4.69, 9.17) is 22.1 Å². The zero-order valence-corrected chi connectivity index (χ0v) is 14.3. The van der Waals surface area contributed by atoms with Crippen LogP contribution in [0.5, 0.6) is 5.75 Å². The number of hydrogen-bond acceptors (Lipinski definition) is 5. The summed E-state index contributed by atoms with van der Waals surface area (Å²) in [5.41, 5.74) is 5.19. The van der Waals surface area contributed by atoms with Gasteiger partial charge in [-0.05, 0) is 12.1 Å². The Labute approximate surface area is 146 Å². The van der Waals surface area contributed by atoms with Crippen LogP contribution >= 0.6 is 11.6 Å². The first-order chi connectivity index (χ1) is 11.6. The molecule has 1 aliphatic rings. The zero-order valence-electron chi connectivity index (χ0n) is 13.5. The molecule has 7 nitrogen and oxygen atoms in total. The molecular formula is C16H23ClN4O3. The number of hydrogen-bond donors (Lipinski definition) is 2. The molecule has 2 rings (SSSR count). The average Bonchev–Trinajstić information content (AvgIpc) is 2.61. The largest absolute Gasteiger partial charge is 0.491 e. The summed E-state index contributed by atoms with van der Waals surface area (Å²) in [7, 11) is 0. The Morgan fingerprint density at radius 1 is 1.21 bits per heavy atom. The third kappa shape index (κ3) is 5.67. The molecule has 0 atom stereocenters. The van der Waals surface area contributed by atoms with Gasteiger partial charge in [-0.3, -0.25) is 14.5 Å². The molecule has 1 aromatic rings. The van der Waals surface area contributed by atoms with Crippen molar-refractivity contribution in [2.45, 2.75) is 0 Å². The van der Waals surface area contributed by atoms with Crippen molar-refractivity contribution in [2.24, 2.45) is 5.73 Å². The lowest BCUT2D eigenvalue weighted by Gasteiger charge is -2.34. The monoisotopic (exact) mass is 354 g/mol. The van der Waals surface area contributed by atoms with Crippen molar-refractivity contribution in [3.8, 4) is 5.75 Å². The predicted octanol–water partition coefficient (Wildman–Crippen LogP) is -0.0621. The van der Waals surface area contributed by atoms with Crippen molar-refractivity contribution < 1.29 is 14.3 Å². The third-order valence-corrected chi connectivity index (χ3v) is 4.16. The van der Waals surface area contributed by atoms with Gasteiger partial charge in [-0.1, -0.05) is 23.7 Å². The van der Waals surface area contributed by atoms with Gasteiger partial charge in [-0.2, -0.15) is 0 Å². The van der Waals surface area contributed by atoms with Gasteiger partial charge in [-0.25, -0.2) is 0 Å². The highest BCUT2D eigenvalue weighted by Crippen LogP contribution is 2.22. The summed E-state index contributed by atoms with van der Waals surface area (Å²) in [6.45, 7) is 4.07. The number of amides is 2. The summed E-state index contributed by atoms with van der Waals surface area (Å²) in [6.07, 6.45) is 0. The normalized spacial score (nSPS) is 15.2. The molecule has 1 aromatic carbocycles. The van der Waals surface area contributed by atoms with Crippen LogP contribution in [-0.2, 0) is 9.59 Å². The van der Waals surface area contributed by atoms with Crippen molar-refractivity contribution in [3.05, 3.63) is 29.3 Å². The second kappa shape index (κ2) is 9.46. The lowest BCUT2D eigenvalue weighted by Crippen LogP contribution is -2.52. The average molecular weight is 355 g/mol. The Hall–Kier alpha value is -1.83. The summed E-state index contributed by atoms with van der Waals surface area (Å²) < 4.78 is 5.68. The van der Waals surface area contributed by atoms with E-state index in [1.165, 1.54) is 0 Å². The standard InChI is InChI=1S/C16H23ClN4O3/c17-13-3-1-2-4-14(13)24-10-9-20-5-7-21(8-6-20)16(23)12-19-15(22)11-18/h1-4H,5-12,18H2,(H,19,22). The molecule has 0 unspecified atom stereocenters. The minimum atomic E-state index is -0.321. The summed E-state index contributed by atoms with van der Waals surface area (Å²) in [5.74, 6) is 0.283. The van der Waals surface area contributed by atoms with Crippen molar-refractivity contribution >= 4 is 23.4 Å². The van der Waals surface area contributed by atoms with E-state index in [0.717, 1.165) is 19.6 Å². The highest BCUT2D eigenvalue weighted by atomic mass is 35.5. The van der Waals surface area contributed by atoms with Crippen LogP contribution in [0, 0.1) is 0 Å². The van der Waals surface area contributed by atoms with Gasteiger partial charge in [0.15, 0.2) is 0 Å². The maximum Gasteiger partial charge on any atom is 0.242 e. The highest BCUT2D eigenvalue weighted by Gasteiger charge is 2.21. The van der Waals surface area contributed by atoms with Gasteiger partial charge >= 0.3 is 0 Å². The lowest BCUT2D eigenvalue weighted by atomic mass is 10.3. The van der Waals surface area contributed by atoms with Crippen LogP contribution in [0.1, 0.15) is 0 Å². The van der Waals surface area contributed by atoms with Crippen molar-refractivity contribution in [1.82, 2.24) is 15.1 Å². The summed E-state index contributed by atoms with van der Waals surface area (Å²) in [5, 5.41) is 3.10. The fourth-order valence-electron chi connectivity index (χ4n) is 2.43. The van der Waals surface area contributed by atoms with Crippen LogP contribution in [-0.4, -0.2) is 74.0 Å². The molecule has 0 spiro atoms. The molecule has 1 fully saturated rings. The van der Waals surface area contributed by atoms with Gasteiger partial charge in [0.2, 0.25) is 11.8 Å². The summed E-state index contributed by atoms with van der Waals surface area (Å²) >= 11 is 6.04. The molecule has 1 aliphatic heterocycles. The van der Waals surface area contributed by atoms with Gasteiger partial charge in [-0.15, -0.1) is 0 Å². The van der Waals surface area contributed by atoms with Crippen LogP contribution in [0.3, 0.4) is 0 Å². The van der Waals surface area contributed by atoms with Gasteiger partial charge in [0.1, 0.15) is 12.4 Å². The Morgan fingerprint density at radius 3 is 2.58 bits per heavy atom. The fourth-order valence-corrected chi connectivity index (χ4v) is 2.62. The second-order valence-corrected chi connectivity index (χ2v) is 5.89. The van der Waals surface area contributed by atoms with Crippen molar-refractivity contribution in [3.63, 3.8) is 0 Å². The number of para-hydroxylation sites is 1. The van der Waals surface area contributed by atoms with Crippen LogP contribution in [0.2, 0.25) is 5.02 Å². The Bertz CT molecular complexity index is 562. The number of piperazine rings is 1. The van der Waals surface area contributed by atoms with E-state index in [-0.39, 0.29) is 24.9 Å². The number of halogens is 1. The molecule has 1 saturated heterocycles. The van der Waals surface area contributed by atoms with Gasteiger partial charge in [0.05, 0.1) is 18.1 Å². The third-order valence-electron chi connectivity index (χ3n) is 3.85. The smallest absolute Gasteiger partial charge is 0.242 e. The summed E-state index contributed by atoms with van der Waals surface area (Å²) in [6, 6.07) is 7.38. The molecule has 132 valence electrons. The Balaban J connectivity index is 1.65. The minimum absolute atomic E-state index is 0.00561. The molecular weight excluding hydrogens is 332 g/mol. The molecule has 0 saturated carbocycles. The van der Waals surface area contributed by atoms with E-state index in [9.17, 15) is 9.59 Å². The zero-order chi connectivity index (χ0) is 17.4. The number of rotatable bonds is 7. The van der Waals surface area contributed by atoms with Crippen LogP contribution in [0.25, 0.3) is 0 Å². The molecule has 0 aliphatic carbocycles. The van der Waals surface area contributed by atoms with Gasteiger partial charge in [0.25, 0.3) is 0 Å². The molecule has 3 N–H and O–H groups in total. The van der Waals surface area contributed by atoms with Crippen LogP contribution in [0.15, 0.2) is 24.3 Å². The predicted molar refractivity (Wildman–Crippen MR) is 92.0 cm³/mol. The minimum Gasteiger partial charge on any atom is -0.491 e. The number of carbonyl (C=O) groups excluding carboxylic acids is 2. The van der Waals surface area contributed by atoms with E-state index >= 15 is 0 Å². The summed E-state index contributed by atoms with van der Waals surface area (Å²) in [4.78, 5) is 27.0. The van der Waals surface area contributed by atoms with E-state index < -0.39 is 0 Å². The van der Waals surface area contributed by atoms with Gasteiger partial charge < -0.3 is 20.7 Å². The van der Waals surface area contributed by atoms with Gasteiger partial charge in [0, 0.05) is 32.7 Å². The molecule has 0 bridgehead atoms. The topological polar surface area (TPSA) is 87.9 Å². The molecule has 8 heteroatoms. The second-order valence-electron chi connectivity index (χ2n) is 5.48. The maximum absolute atomic E-state index is 12.0. The molecule has 24 heavy (non-hydrogen) atoms. The maximum atomic E-state index is 12.0. The van der Waals surface area contributed by atoms with Crippen molar-refractivity contribution in [2.75, 3.05) is 52.4 Å². The Morgan fingerprint density at radius 2 is 1.92 bits per heavy atom. The first-order valence-electron chi connectivity index (χ1n) is 7.94. The number of benzene rings is 1. The number of ether oxygens (including phenoxy) is 1. The molecule has 0 radical (unpaired) electrons. The molecule has 1 heterocycles. The molecule has 0 aromatic heterocycles. The first-order valence-corrected chi connectivity index (χ1v) is 8.32. The van der Waals surface area contributed by atoms with E-state index in [0.29, 0.717) is 30.5 Å².